The van der Waals surface area contributed by atoms with E-state index in [-0.39, 0.29) is 0 Å². The van der Waals surface area contributed by atoms with Crippen LogP contribution in [-0.2, 0) is 0 Å². The zero-order valence-electron chi connectivity index (χ0n) is 9.26. The summed E-state index contributed by atoms with van der Waals surface area (Å²) < 4.78 is 0. The van der Waals surface area contributed by atoms with Crippen molar-refractivity contribution in [2.45, 2.75) is 25.8 Å². The number of hydrogen-bond acceptors (Lipinski definition) is 1. The molecule has 0 aliphatic heterocycles. The lowest BCUT2D eigenvalue weighted by molar-refractivity contribution is 0.736. The van der Waals surface area contributed by atoms with E-state index in [2.05, 4.69) is 18.3 Å². The van der Waals surface area contributed by atoms with E-state index >= 15 is 0 Å². The van der Waals surface area contributed by atoms with E-state index < -0.39 is 0 Å². The molecule has 16 heavy (non-hydrogen) atoms. The van der Waals surface area contributed by atoms with Crippen LogP contribution in [0.25, 0.3) is 6.08 Å². The molecule has 0 heterocycles. The normalized spacial score (nSPS) is 16.6. The molecule has 0 bridgehead atoms. The minimum Gasteiger partial charge on any atom is -0.310 e. The highest BCUT2D eigenvalue weighted by Gasteiger charge is 2.19. The third kappa shape index (κ3) is 3.82. The zero-order chi connectivity index (χ0) is 11.5. The predicted molar refractivity (Wildman–Crippen MR) is 71.1 cm³/mol. The summed E-state index contributed by atoms with van der Waals surface area (Å²) in [6, 6.07) is 6.34. The Morgan fingerprint density at radius 2 is 1.94 bits per heavy atom. The van der Waals surface area contributed by atoms with E-state index in [1.54, 1.807) is 6.07 Å². The van der Waals surface area contributed by atoms with Crippen LogP contribution in [0.5, 0.6) is 0 Å². The van der Waals surface area contributed by atoms with Crippen LogP contribution in [0.4, 0.5) is 0 Å². The Hall–Kier alpha value is -0.500. The van der Waals surface area contributed by atoms with Gasteiger partial charge in [-0.05, 0) is 43.5 Å². The monoisotopic (exact) mass is 255 g/mol. The SMILES string of the molecule is CC(=Cc1cc(Cl)cc(Cl)c1)CNC1CC1. The number of halogens is 2. The Bertz CT molecular complexity index is 388. The lowest BCUT2D eigenvalue weighted by Gasteiger charge is -2.04. The van der Waals surface area contributed by atoms with Gasteiger partial charge in [0, 0.05) is 22.6 Å². The van der Waals surface area contributed by atoms with Crippen LogP contribution in [-0.4, -0.2) is 12.6 Å². The molecule has 1 saturated carbocycles. The molecule has 3 heteroatoms. The minimum atomic E-state index is 0.682. The molecule has 0 unspecified atom stereocenters. The predicted octanol–water partition coefficient (Wildman–Crippen LogP) is 4.15. The van der Waals surface area contributed by atoms with Gasteiger partial charge >= 0.3 is 0 Å². The van der Waals surface area contributed by atoms with Gasteiger partial charge in [-0.2, -0.15) is 0 Å². The first-order chi connectivity index (χ1) is 7.63. The summed E-state index contributed by atoms with van der Waals surface area (Å²) in [6.07, 6.45) is 4.75. The Labute approximate surface area is 106 Å². The fraction of sp³-hybridized carbons (Fsp3) is 0.385. The minimum absolute atomic E-state index is 0.682. The van der Waals surface area contributed by atoms with Crippen LogP contribution < -0.4 is 5.32 Å². The van der Waals surface area contributed by atoms with Crippen molar-refractivity contribution in [2.75, 3.05) is 6.54 Å². The maximum absolute atomic E-state index is 5.94. The summed E-state index contributed by atoms with van der Waals surface area (Å²) >= 11 is 11.9. The number of rotatable bonds is 4. The van der Waals surface area contributed by atoms with Crippen LogP contribution in [0.3, 0.4) is 0 Å². The van der Waals surface area contributed by atoms with Gasteiger partial charge in [0.05, 0.1) is 0 Å². The maximum Gasteiger partial charge on any atom is 0.0426 e. The van der Waals surface area contributed by atoms with Crippen molar-refractivity contribution in [3.8, 4) is 0 Å². The van der Waals surface area contributed by atoms with E-state index in [9.17, 15) is 0 Å². The Kier molecular flexibility index (Phi) is 3.91. The molecule has 1 aromatic rings. The third-order valence-electron chi connectivity index (χ3n) is 2.54. The molecular weight excluding hydrogens is 241 g/mol. The van der Waals surface area contributed by atoms with Crippen LogP contribution in [0, 0.1) is 0 Å². The van der Waals surface area contributed by atoms with Crippen LogP contribution in [0.15, 0.2) is 23.8 Å². The molecule has 2 rings (SSSR count). The molecule has 1 aromatic carbocycles. The lowest BCUT2D eigenvalue weighted by Crippen LogP contribution is -2.18. The molecular formula is C13H15Cl2N. The molecule has 0 atom stereocenters. The average molecular weight is 256 g/mol. The highest BCUT2D eigenvalue weighted by molar-refractivity contribution is 6.34. The van der Waals surface area contributed by atoms with Gasteiger partial charge in [0.25, 0.3) is 0 Å². The standard InChI is InChI=1S/C13H15Cl2N/c1-9(8-16-13-2-3-13)4-10-5-11(14)7-12(15)6-10/h4-7,13,16H,2-3,8H2,1H3. The van der Waals surface area contributed by atoms with Gasteiger partial charge in [0.15, 0.2) is 0 Å². The third-order valence-corrected chi connectivity index (χ3v) is 2.98. The Balaban J connectivity index is 2.01. The summed E-state index contributed by atoms with van der Waals surface area (Å²) in [6.45, 7) is 3.05. The smallest absolute Gasteiger partial charge is 0.0426 e. The molecule has 0 amide bonds. The van der Waals surface area contributed by atoms with Crippen molar-refractivity contribution < 1.29 is 0 Å². The number of benzene rings is 1. The summed E-state index contributed by atoms with van der Waals surface area (Å²) in [5.41, 5.74) is 2.36. The van der Waals surface area contributed by atoms with Crippen molar-refractivity contribution >= 4 is 29.3 Å². The molecule has 1 N–H and O–H groups in total. The first kappa shape index (κ1) is 12.0. The quantitative estimate of drug-likeness (QED) is 0.853. The first-order valence-corrected chi connectivity index (χ1v) is 6.26. The Morgan fingerprint density at radius 3 is 2.50 bits per heavy atom. The average Bonchev–Trinajstić information content (AvgIpc) is 2.96. The maximum atomic E-state index is 5.94. The van der Waals surface area contributed by atoms with E-state index in [4.69, 9.17) is 23.2 Å². The van der Waals surface area contributed by atoms with Gasteiger partial charge in [-0.3, -0.25) is 0 Å². The van der Waals surface area contributed by atoms with Crippen LogP contribution >= 0.6 is 23.2 Å². The van der Waals surface area contributed by atoms with Crippen molar-refractivity contribution in [2.24, 2.45) is 0 Å². The van der Waals surface area contributed by atoms with Crippen molar-refractivity contribution in [3.05, 3.63) is 39.4 Å². The van der Waals surface area contributed by atoms with Crippen molar-refractivity contribution in [1.29, 1.82) is 0 Å². The topological polar surface area (TPSA) is 12.0 Å². The van der Waals surface area contributed by atoms with Gasteiger partial charge < -0.3 is 5.32 Å². The van der Waals surface area contributed by atoms with Gasteiger partial charge in [0.2, 0.25) is 0 Å². The van der Waals surface area contributed by atoms with Crippen molar-refractivity contribution in [3.63, 3.8) is 0 Å². The molecule has 1 fully saturated rings. The molecule has 1 aliphatic rings. The number of hydrogen-bond donors (Lipinski definition) is 1. The summed E-state index contributed by atoms with van der Waals surface area (Å²) in [5.74, 6) is 0. The lowest BCUT2D eigenvalue weighted by atomic mass is 10.1. The van der Waals surface area contributed by atoms with Crippen LogP contribution in [0.2, 0.25) is 10.0 Å². The molecule has 86 valence electrons. The van der Waals surface area contributed by atoms with Crippen molar-refractivity contribution in [1.82, 2.24) is 5.32 Å². The fourth-order valence-electron chi connectivity index (χ4n) is 1.59. The summed E-state index contributed by atoms with van der Waals surface area (Å²) in [4.78, 5) is 0. The molecule has 0 radical (unpaired) electrons. The second kappa shape index (κ2) is 5.22. The zero-order valence-corrected chi connectivity index (χ0v) is 10.8. The highest BCUT2D eigenvalue weighted by atomic mass is 35.5. The second-order valence-electron chi connectivity index (χ2n) is 4.35. The molecule has 1 aliphatic carbocycles. The second-order valence-corrected chi connectivity index (χ2v) is 5.22. The van der Waals surface area contributed by atoms with Gasteiger partial charge in [0.1, 0.15) is 0 Å². The van der Waals surface area contributed by atoms with E-state index in [0.717, 1.165) is 18.2 Å². The van der Waals surface area contributed by atoms with Gasteiger partial charge in [-0.15, -0.1) is 0 Å². The van der Waals surface area contributed by atoms with Gasteiger partial charge in [-0.1, -0.05) is 34.9 Å². The molecule has 0 saturated heterocycles. The van der Waals surface area contributed by atoms with Crippen LogP contribution in [0.1, 0.15) is 25.3 Å². The van der Waals surface area contributed by atoms with E-state index in [1.807, 2.05) is 12.1 Å². The highest BCUT2D eigenvalue weighted by Crippen LogP contribution is 2.21. The van der Waals surface area contributed by atoms with Gasteiger partial charge in [-0.25, -0.2) is 0 Å². The summed E-state index contributed by atoms with van der Waals surface area (Å²) in [5, 5.41) is 4.84. The summed E-state index contributed by atoms with van der Waals surface area (Å²) in [7, 11) is 0. The molecule has 0 aromatic heterocycles. The first-order valence-electron chi connectivity index (χ1n) is 5.50. The molecule has 1 nitrogen and oxygen atoms in total. The van der Waals surface area contributed by atoms with E-state index in [1.165, 1.54) is 18.4 Å². The Morgan fingerprint density at radius 1 is 1.31 bits per heavy atom. The largest absolute Gasteiger partial charge is 0.310 e. The number of nitrogens with one attached hydrogen (secondary N) is 1. The molecule has 0 spiro atoms. The van der Waals surface area contributed by atoms with E-state index in [0.29, 0.717) is 10.0 Å². The fourth-order valence-corrected chi connectivity index (χ4v) is 2.13.